The monoisotopic (exact) mass is 394 g/mol. The van der Waals surface area contributed by atoms with Gasteiger partial charge in [-0.15, -0.1) is 11.3 Å². The first-order valence-electron chi connectivity index (χ1n) is 8.33. The van der Waals surface area contributed by atoms with Gasteiger partial charge in [-0.2, -0.15) is 0 Å². The van der Waals surface area contributed by atoms with Crippen LogP contribution in [0.25, 0.3) is 0 Å². The van der Waals surface area contributed by atoms with Crippen molar-refractivity contribution in [3.63, 3.8) is 0 Å². The number of hydrogen-bond donors (Lipinski definition) is 1. The molecule has 2 heterocycles. The van der Waals surface area contributed by atoms with Gasteiger partial charge in [0.15, 0.2) is 0 Å². The van der Waals surface area contributed by atoms with Crippen LogP contribution in [-0.2, 0) is 22.6 Å². The van der Waals surface area contributed by atoms with Crippen molar-refractivity contribution < 1.29 is 19.4 Å². The van der Waals surface area contributed by atoms with Crippen LogP contribution in [0.15, 0.2) is 29.6 Å². The number of aromatic nitrogens is 1. The molecule has 1 aliphatic heterocycles. The number of carboxylic acid groups (broad SMARTS) is 1. The lowest BCUT2D eigenvalue weighted by Crippen LogP contribution is -2.43. The zero-order valence-electron chi connectivity index (χ0n) is 14.1. The average Bonchev–Trinajstić information content (AvgIpc) is 3.08. The van der Waals surface area contributed by atoms with Gasteiger partial charge in [0.25, 0.3) is 0 Å². The fourth-order valence-electron chi connectivity index (χ4n) is 2.84. The summed E-state index contributed by atoms with van der Waals surface area (Å²) in [7, 11) is 0. The molecular weight excluding hydrogens is 376 g/mol. The number of ether oxygens (including phenoxy) is 1. The van der Waals surface area contributed by atoms with Gasteiger partial charge in [-0.3, -0.25) is 9.59 Å². The van der Waals surface area contributed by atoms with Crippen LogP contribution in [0.4, 0.5) is 0 Å². The summed E-state index contributed by atoms with van der Waals surface area (Å²) >= 11 is 7.28. The Morgan fingerprint density at radius 3 is 2.85 bits per heavy atom. The second kappa shape index (κ2) is 8.51. The molecule has 1 saturated heterocycles. The van der Waals surface area contributed by atoms with Crippen molar-refractivity contribution in [3.05, 3.63) is 45.4 Å². The number of rotatable bonds is 6. The fraction of sp³-hybridized carbons (Fsp3) is 0.389. The molecule has 8 heteroatoms. The van der Waals surface area contributed by atoms with Gasteiger partial charge in [0, 0.05) is 23.5 Å². The third-order valence-corrected chi connectivity index (χ3v) is 5.35. The molecule has 1 atom stereocenters. The number of benzene rings is 1. The highest BCUT2D eigenvalue weighted by Gasteiger charge is 2.28. The number of aliphatic carboxylic acids is 1. The van der Waals surface area contributed by atoms with Crippen molar-refractivity contribution in [1.82, 2.24) is 9.88 Å². The number of halogens is 1. The Hall–Kier alpha value is -2.12. The van der Waals surface area contributed by atoms with Crippen LogP contribution >= 0.6 is 22.9 Å². The molecule has 0 aliphatic carbocycles. The Kier molecular flexibility index (Phi) is 6.11. The summed E-state index contributed by atoms with van der Waals surface area (Å²) < 4.78 is 5.65. The molecule has 1 amide bonds. The minimum atomic E-state index is -0.835. The first kappa shape index (κ1) is 18.7. The minimum Gasteiger partial charge on any atom is -0.486 e. The van der Waals surface area contributed by atoms with Gasteiger partial charge in [-0.25, -0.2) is 4.98 Å². The Bertz CT molecular complexity index is 778. The highest BCUT2D eigenvalue weighted by Crippen LogP contribution is 2.20. The summed E-state index contributed by atoms with van der Waals surface area (Å²) in [6, 6.07) is 7.09. The van der Waals surface area contributed by atoms with E-state index >= 15 is 0 Å². The third-order valence-electron chi connectivity index (χ3n) is 4.23. The van der Waals surface area contributed by atoms with Gasteiger partial charge >= 0.3 is 5.97 Å². The Morgan fingerprint density at radius 2 is 2.12 bits per heavy atom. The summed E-state index contributed by atoms with van der Waals surface area (Å²) in [4.78, 5) is 29.6. The van der Waals surface area contributed by atoms with E-state index in [0.717, 1.165) is 11.4 Å². The van der Waals surface area contributed by atoms with Crippen LogP contribution in [0.1, 0.15) is 23.5 Å². The predicted molar refractivity (Wildman–Crippen MR) is 98.5 cm³/mol. The second-order valence-corrected chi connectivity index (χ2v) is 7.55. The summed E-state index contributed by atoms with van der Waals surface area (Å²) in [5, 5.41) is 12.4. The highest BCUT2D eigenvalue weighted by molar-refractivity contribution is 7.09. The molecule has 0 saturated carbocycles. The number of carbonyl (C=O) groups is 2. The van der Waals surface area contributed by atoms with Crippen LogP contribution in [0.3, 0.4) is 0 Å². The number of nitrogens with zero attached hydrogens (tertiary/aromatic N) is 2. The average molecular weight is 395 g/mol. The maximum atomic E-state index is 12.4. The van der Waals surface area contributed by atoms with E-state index < -0.39 is 11.9 Å². The van der Waals surface area contributed by atoms with E-state index in [4.69, 9.17) is 21.4 Å². The maximum absolute atomic E-state index is 12.4. The first-order valence-corrected chi connectivity index (χ1v) is 9.59. The molecule has 1 N–H and O–H groups in total. The zero-order valence-corrected chi connectivity index (χ0v) is 15.6. The van der Waals surface area contributed by atoms with E-state index in [1.54, 1.807) is 29.2 Å². The van der Waals surface area contributed by atoms with E-state index in [-0.39, 0.29) is 18.9 Å². The number of carboxylic acids is 1. The number of amides is 1. The number of carbonyl (C=O) groups excluding carboxylic acids is 1. The molecule has 2 aromatic rings. The SMILES string of the molecule is O=C(O)C1CCCN(C(=O)Cc2csc(COc3ccc(Cl)cc3)n2)C1. The van der Waals surface area contributed by atoms with Crippen molar-refractivity contribution in [2.75, 3.05) is 13.1 Å². The lowest BCUT2D eigenvalue weighted by Gasteiger charge is -2.30. The molecule has 1 aromatic carbocycles. The van der Waals surface area contributed by atoms with Crippen LogP contribution in [-0.4, -0.2) is 40.0 Å². The number of hydrogen-bond acceptors (Lipinski definition) is 5. The molecule has 0 bridgehead atoms. The molecule has 1 fully saturated rings. The van der Waals surface area contributed by atoms with Gasteiger partial charge in [-0.05, 0) is 37.1 Å². The van der Waals surface area contributed by atoms with Crippen LogP contribution in [0.2, 0.25) is 5.02 Å². The predicted octanol–water partition coefficient (Wildman–Crippen LogP) is 3.24. The third kappa shape index (κ3) is 4.95. The summed E-state index contributed by atoms with van der Waals surface area (Å²) in [6.07, 6.45) is 1.53. The Morgan fingerprint density at radius 1 is 1.35 bits per heavy atom. The molecular formula is C18H19ClN2O4S. The van der Waals surface area contributed by atoms with E-state index in [1.807, 2.05) is 5.38 Å². The number of piperidine rings is 1. The standard InChI is InChI=1S/C18H19ClN2O4S/c19-13-3-5-15(6-4-13)25-10-16-20-14(11-26-16)8-17(22)21-7-1-2-12(9-21)18(23)24/h3-6,11-12H,1-2,7-10H2,(H,23,24). The lowest BCUT2D eigenvalue weighted by atomic mass is 9.98. The maximum Gasteiger partial charge on any atom is 0.308 e. The Balaban J connectivity index is 1.52. The topological polar surface area (TPSA) is 79.7 Å². The largest absolute Gasteiger partial charge is 0.486 e. The second-order valence-electron chi connectivity index (χ2n) is 6.17. The lowest BCUT2D eigenvalue weighted by molar-refractivity contribution is -0.145. The zero-order chi connectivity index (χ0) is 18.5. The molecule has 3 rings (SSSR count). The van der Waals surface area contributed by atoms with E-state index in [0.29, 0.717) is 36.0 Å². The molecule has 6 nitrogen and oxygen atoms in total. The van der Waals surface area contributed by atoms with E-state index in [2.05, 4.69) is 4.98 Å². The minimum absolute atomic E-state index is 0.0774. The molecule has 1 aromatic heterocycles. The van der Waals surface area contributed by atoms with E-state index in [1.165, 1.54) is 11.3 Å². The fourth-order valence-corrected chi connectivity index (χ4v) is 3.68. The van der Waals surface area contributed by atoms with Crippen LogP contribution in [0.5, 0.6) is 5.75 Å². The normalized spacial score (nSPS) is 17.1. The Labute approximate surface area is 160 Å². The highest BCUT2D eigenvalue weighted by atomic mass is 35.5. The summed E-state index contributed by atoms with van der Waals surface area (Å²) in [6.45, 7) is 1.22. The molecule has 138 valence electrons. The molecule has 0 spiro atoms. The van der Waals surface area contributed by atoms with Crippen molar-refractivity contribution >= 4 is 34.8 Å². The van der Waals surface area contributed by atoms with Crippen molar-refractivity contribution in [1.29, 1.82) is 0 Å². The molecule has 1 aliphatic rings. The molecule has 1 unspecified atom stereocenters. The van der Waals surface area contributed by atoms with Crippen molar-refractivity contribution in [2.45, 2.75) is 25.9 Å². The van der Waals surface area contributed by atoms with Gasteiger partial charge < -0.3 is 14.7 Å². The van der Waals surface area contributed by atoms with Crippen LogP contribution in [0, 0.1) is 5.92 Å². The van der Waals surface area contributed by atoms with Crippen molar-refractivity contribution in [3.8, 4) is 5.75 Å². The summed E-state index contributed by atoms with van der Waals surface area (Å²) in [5.74, 6) is -0.675. The molecule has 26 heavy (non-hydrogen) atoms. The number of thiazole rings is 1. The van der Waals surface area contributed by atoms with Crippen molar-refractivity contribution in [2.24, 2.45) is 5.92 Å². The number of likely N-dealkylation sites (tertiary alicyclic amines) is 1. The smallest absolute Gasteiger partial charge is 0.308 e. The van der Waals surface area contributed by atoms with Gasteiger partial charge in [0.1, 0.15) is 17.4 Å². The quantitative estimate of drug-likeness (QED) is 0.813. The first-order chi connectivity index (χ1) is 12.5. The van der Waals surface area contributed by atoms with Gasteiger partial charge in [-0.1, -0.05) is 11.6 Å². The van der Waals surface area contributed by atoms with Gasteiger partial charge in [0.05, 0.1) is 18.0 Å². The van der Waals surface area contributed by atoms with Crippen LogP contribution < -0.4 is 4.74 Å². The van der Waals surface area contributed by atoms with E-state index in [9.17, 15) is 9.59 Å². The van der Waals surface area contributed by atoms with Gasteiger partial charge in [0.2, 0.25) is 5.91 Å². The molecule has 0 radical (unpaired) electrons. The summed E-state index contributed by atoms with van der Waals surface area (Å²) in [5.41, 5.74) is 0.687.